The SMILES string of the molecule is CC(C)C(=O)CC[C@@H](C)[C@H]1CC[C@H]2[C@@H]3[C@@H](O)C=C4C[C@@H](O)CC[C@]4(C)[C@H]3CC[C@]12C. The molecule has 30 heavy (non-hydrogen) atoms. The number of carbonyl (C=O) groups excluding carboxylic acids is 1. The maximum atomic E-state index is 12.2. The highest BCUT2D eigenvalue weighted by Crippen LogP contribution is 2.67. The highest BCUT2D eigenvalue weighted by molar-refractivity contribution is 5.80. The van der Waals surface area contributed by atoms with Crippen molar-refractivity contribution in [2.75, 3.05) is 0 Å². The van der Waals surface area contributed by atoms with Crippen molar-refractivity contribution < 1.29 is 15.0 Å². The lowest BCUT2D eigenvalue weighted by Crippen LogP contribution is -2.55. The van der Waals surface area contributed by atoms with Crippen LogP contribution < -0.4 is 0 Å². The van der Waals surface area contributed by atoms with Gasteiger partial charge in [-0.15, -0.1) is 0 Å². The Kier molecular flexibility index (Phi) is 6.03. The molecule has 0 heterocycles. The molecule has 4 aliphatic rings. The fourth-order valence-electron chi connectivity index (χ4n) is 8.46. The van der Waals surface area contributed by atoms with Crippen LogP contribution in [0.25, 0.3) is 0 Å². The lowest BCUT2D eigenvalue weighted by Gasteiger charge is -2.59. The fourth-order valence-corrected chi connectivity index (χ4v) is 8.46. The molecular formula is C27H44O3. The first-order chi connectivity index (χ1) is 14.1. The van der Waals surface area contributed by atoms with Gasteiger partial charge in [0, 0.05) is 12.3 Å². The summed E-state index contributed by atoms with van der Waals surface area (Å²) in [5, 5.41) is 21.5. The first kappa shape index (κ1) is 22.5. The molecule has 3 fully saturated rings. The number of Topliss-reactive ketones (excluding diaryl/α,β-unsaturated/α-hetero) is 1. The third-order valence-corrected chi connectivity index (χ3v) is 10.4. The summed E-state index contributed by atoms with van der Waals surface area (Å²) < 4.78 is 0. The zero-order valence-electron chi connectivity index (χ0n) is 19.9. The van der Waals surface area contributed by atoms with Crippen LogP contribution in [0.1, 0.15) is 92.4 Å². The minimum atomic E-state index is -0.357. The molecule has 0 aromatic heterocycles. The van der Waals surface area contributed by atoms with Crippen LogP contribution in [0.3, 0.4) is 0 Å². The minimum Gasteiger partial charge on any atom is -0.393 e. The second-order valence-corrected chi connectivity index (χ2v) is 12.2. The van der Waals surface area contributed by atoms with Crippen LogP contribution in [-0.2, 0) is 4.79 Å². The molecule has 3 saturated carbocycles. The normalized spacial score (nSPS) is 46.6. The maximum absolute atomic E-state index is 12.2. The lowest BCUT2D eigenvalue weighted by atomic mass is 9.46. The van der Waals surface area contributed by atoms with Crippen molar-refractivity contribution in [2.45, 2.75) is 105 Å². The van der Waals surface area contributed by atoms with Crippen molar-refractivity contribution in [3.63, 3.8) is 0 Å². The monoisotopic (exact) mass is 416 g/mol. The number of aliphatic hydroxyl groups is 2. The molecule has 0 aliphatic heterocycles. The Morgan fingerprint density at radius 1 is 1.07 bits per heavy atom. The topological polar surface area (TPSA) is 57.5 Å². The molecule has 0 aromatic carbocycles. The van der Waals surface area contributed by atoms with Crippen molar-refractivity contribution in [3.8, 4) is 0 Å². The van der Waals surface area contributed by atoms with E-state index >= 15 is 0 Å². The quantitative estimate of drug-likeness (QED) is 0.579. The van der Waals surface area contributed by atoms with E-state index in [4.69, 9.17) is 0 Å². The molecule has 2 N–H and O–H groups in total. The van der Waals surface area contributed by atoms with Crippen molar-refractivity contribution in [1.82, 2.24) is 0 Å². The molecule has 170 valence electrons. The Bertz CT molecular complexity index is 696. The van der Waals surface area contributed by atoms with Gasteiger partial charge in [0.2, 0.25) is 0 Å². The highest BCUT2D eigenvalue weighted by Gasteiger charge is 2.61. The number of carbonyl (C=O) groups is 1. The van der Waals surface area contributed by atoms with Gasteiger partial charge in [0.05, 0.1) is 12.2 Å². The van der Waals surface area contributed by atoms with E-state index in [1.807, 2.05) is 13.8 Å². The number of hydrogen-bond donors (Lipinski definition) is 2. The lowest BCUT2D eigenvalue weighted by molar-refractivity contribution is -0.122. The average Bonchev–Trinajstić information content (AvgIpc) is 3.04. The van der Waals surface area contributed by atoms with Gasteiger partial charge in [-0.2, -0.15) is 0 Å². The summed E-state index contributed by atoms with van der Waals surface area (Å²) in [7, 11) is 0. The summed E-state index contributed by atoms with van der Waals surface area (Å²) in [6.07, 6.45) is 10.9. The smallest absolute Gasteiger partial charge is 0.135 e. The molecule has 4 rings (SSSR count). The zero-order valence-corrected chi connectivity index (χ0v) is 19.9. The molecule has 0 spiro atoms. The van der Waals surface area contributed by atoms with Gasteiger partial charge in [-0.05, 0) is 91.8 Å². The summed E-state index contributed by atoms with van der Waals surface area (Å²) in [6.45, 7) is 11.3. The van der Waals surface area contributed by atoms with Crippen LogP contribution in [0, 0.1) is 46.3 Å². The molecule has 4 aliphatic carbocycles. The van der Waals surface area contributed by atoms with Gasteiger partial charge in [0.25, 0.3) is 0 Å². The molecule has 0 unspecified atom stereocenters. The fraction of sp³-hybridized carbons (Fsp3) is 0.889. The van der Waals surface area contributed by atoms with Crippen molar-refractivity contribution >= 4 is 5.78 Å². The van der Waals surface area contributed by atoms with Crippen molar-refractivity contribution in [1.29, 1.82) is 0 Å². The molecule has 3 heteroatoms. The van der Waals surface area contributed by atoms with Crippen LogP contribution in [0.2, 0.25) is 0 Å². The minimum absolute atomic E-state index is 0.146. The number of rotatable bonds is 5. The molecule has 0 bridgehead atoms. The van der Waals surface area contributed by atoms with E-state index in [1.165, 1.54) is 31.3 Å². The molecule has 0 radical (unpaired) electrons. The molecule has 0 aromatic rings. The Balaban J connectivity index is 1.54. The van der Waals surface area contributed by atoms with Gasteiger partial charge < -0.3 is 10.2 Å². The Morgan fingerprint density at radius 3 is 2.50 bits per heavy atom. The van der Waals surface area contributed by atoms with Crippen LogP contribution in [0.5, 0.6) is 0 Å². The van der Waals surface area contributed by atoms with Gasteiger partial charge in [-0.3, -0.25) is 4.79 Å². The molecule has 3 nitrogen and oxygen atoms in total. The van der Waals surface area contributed by atoms with Crippen molar-refractivity contribution in [2.24, 2.45) is 46.3 Å². The van der Waals surface area contributed by atoms with E-state index in [0.29, 0.717) is 40.8 Å². The van der Waals surface area contributed by atoms with Gasteiger partial charge in [-0.25, -0.2) is 0 Å². The summed E-state index contributed by atoms with van der Waals surface area (Å²) >= 11 is 0. The van der Waals surface area contributed by atoms with Gasteiger partial charge in [0.1, 0.15) is 5.78 Å². The van der Waals surface area contributed by atoms with E-state index in [2.05, 4.69) is 26.8 Å². The van der Waals surface area contributed by atoms with Gasteiger partial charge in [-0.1, -0.05) is 46.3 Å². The van der Waals surface area contributed by atoms with Crippen LogP contribution in [0.4, 0.5) is 0 Å². The number of aliphatic hydroxyl groups excluding tert-OH is 2. The van der Waals surface area contributed by atoms with Crippen molar-refractivity contribution in [3.05, 3.63) is 11.6 Å². The van der Waals surface area contributed by atoms with E-state index < -0.39 is 0 Å². The van der Waals surface area contributed by atoms with E-state index in [0.717, 1.165) is 32.1 Å². The maximum Gasteiger partial charge on any atom is 0.135 e. The Labute approximate surface area is 183 Å². The molecule has 0 amide bonds. The predicted molar refractivity (Wildman–Crippen MR) is 121 cm³/mol. The first-order valence-corrected chi connectivity index (χ1v) is 12.7. The number of fused-ring (bicyclic) bond motifs is 5. The standard InChI is InChI=1S/C27H44O3/c1-16(2)23(29)9-6-17(3)20-7-8-21-25-22(11-13-27(20,21)5)26(4)12-10-19(28)14-18(26)15-24(25)30/h15-17,19-22,24-25,28,30H,6-14H2,1-5H3/t17-,19+,20-,21+,22+,24+,25+,26+,27-/m1/s1. The average molecular weight is 417 g/mol. The second kappa shape index (κ2) is 8.03. The zero-order chi connectivity index (χ0) is 21.8. The Hall–Kier alpha value is -0.670. The third-order valence-electron chi connectivity index (χ3n) is 10.4. The summed E-state index contributed by atoms with van der Waals surface area (Å²) in [5.74, 6) is 3.29. The van der Waals surface area contributed by atoms with Gasteiger partial charge in [0.15, 0.2) is 0 Å². The second-order valence-electron chi connectivity index (χ2n) is 12.2. The number of hydrogen-bond acceptors (Lipinski definition) is 3. The van der Waals surface area contributed by atoms with Crippen LogP contribution in [0.15, 0.2) is 11.6 Å². The summed E-state index contributed by atoms with van der Waals surface area (Å²) in [4.78, 5) is 12.2. The first-order valence-electron chi connectivity index (χ1n) is 12.7. The predicted octanol–water partition coefficient (Wildman–Crippen LogP) is 5.54. The summed E-state index contributed by atoms with van der Waals surface area (Å²) in [6, 6.07) is 0. The molecular weight excluding hydrogens is 372 g/mol. The third kappa shape index (κ3) is 3.52. The van der Waals surface area contributed by atoms with E-state index in [-0.39, 0.29) is 23.5 Å². The summed E-state index contributed by atoms with van der Waals surface area (Å²) in [5.41, 5.74) is 1.78. The van der Waals surface area contributed by atoms with Crippen LogP contribution >= 0.6 is 0 Å². The van der Waals surface area contributed by atoms with Gasteiger partial charge >= 0.3 is 0 Å². The highest BCUT2D eigenvalue weighted by atomic mass is 16.3. The molecule has 0 saturated heterocycles. The van der Waals surface area contributed by atoms with E-state index in [9.17, 15) is 15.0 Å². The number of ketones is 1. The molecule has 9 atom stereocenters. The van der Waals surface area contributed by atoms with Crippen LogP contribution in [-0.4, -0.2) is 28.2 Å². The van der Waals surface area contributed by atoms with E-state index in [1.54, 1.807) is 0 Å². The Morgan fingerprint density at radius 2 is 1.80 bits per heavy atom. The largest absolute Gasteiger partial charge is 0.393 e.